The lowest BCUT2D eigenvalue weighted by molar-refractivity contribution is 0.0636. The van der Waals surface area contributed by atoms with Crippen LogP contribution in [-0.2, 0) is 11.2 Å². The number of benzene rings is 3. The van der Waals surface area contributed by atoms with Crippen molar-refractivity contribution in [3.8, 4) is 6.07 Å². The van der Waals surface area contributed by atoms with Crippen LogP contribution in [0.4, 0.5) is 16.2 Å². The van der Waals surface area contributed by atoms with Crippen LogP contribution in [-0.4, -0.2) is 17.6 Å². The molecule has 0 heterocycles. The van der Waals surface area contributed by atoms with Crippen molar-refractivity contribution in [1.29, 1.82) is 5.26 Å². The Morgan fingerprint density at radius 2 is 1.60 bits per heavy atom. The van der Waals surface area contributed by atoms with Crippen LogP contribution in [0.15, 0.2) is 60.7 Å². The summed E-state index contributed by atoms with van der Waals surface area (Å²) in [6.45, 7) is 5.32. The maximum atomic E-state index is 13.0. The first-order valence-corrected chi connectivity index (χ1v) is 9.55. The van der Waals surface area contributed by atoms with Gasteiger partial charge in [0.25, 0.3) is 5.91 Å². The Morgan fingerprint density at radius 1 is 0.967 bits per heavy atom. The molecular weight excluding hydrogens is 378 g/mol. The molecule has 0 atom stereocenters. The second kappa shape index (κ2) is 8.66. The summed E-state index contributed by atoms with van der Waals surface area (Å²) in [4.78, 5) is 25.3. The molecule has 0 bridgehead atoms. The highest BCUT2D eigenvalue weighted by molar-refractivity contribution is 6.12. The average molecular weight is 401 g/mol. The van der Waals surface area contributed by atoms with Crippen LogP contribution in [0.5, 0.6) is 0 Å². The van der Waals surface area contributed by atoms with Crippen molar-refractivity contribution in [2.75, 3.05) is 10.6 Å². The average Bonchev–Trinajstić information content (AvgIpc) is 2.67. The van der Waals surface area contributed by atoms with Gasteiger partial charge in [-0.25, -0.2) is 4.79 Å². The van der Waals surface area contributed by atoms with E-state index in [2.05, 4.69) is 16.7 Å². The van der Waals surface area contributed by atoms with Crippen LogP contribution in [0.3, 0.4) is 0 Å². The number of amides is 2. The molecule has 6 nitrogen and oxygen atoms in total. The van der Waals surface area contributed by atoms with Crippen molar-refractivity contribution >= 4 is 34.1 Å². The SMILES string of the molecule is CC(C)(C)OC(=O)Nc1cc2ccccc2cc1C(=O)Nc1ccc(CC#N)cc1. The molecule has 3 aromatic carbocycles. The van der Waals surface area contributed by atoms with Crippen molar-refractivity contribution in [1.82, 2.24) is 0 Å². The number of fused-ring (bicyclic) bond motifs is 1. The monoisotopic (exact) mass is 401 g/mol. The summed E-state index contributed by atoms with van der Waals surface area (Å²) < 4.78 is 5.33. The normalized spacial score (nSPS) is 10.9. The van der Waals surface area contributed by atoms with Crippen LogP contribution >= 0.6 is 0 Å². The summed E-state index contributed by atoms with van der Waals surface area (Å²) in [5.74, 6) is -0.361. The molecule has 3 aromatic rings. The zero-order chi connectivity index (χ0) is 21.7. The lowest BCUT2D eigenvalue weighted by atomic mass is 10.0. The van der Waals surface area contributed by atoms with Gasteiger partial charge in [-0.15, -0.1) is 0 Å². The molecule has 0 aliphatic heterocycles. The summed E-state index contributed by atoms with van der Waals surface area (Å²) in [6, 6.07) is 20.2. The van der Waals surface area contributed by atoms with Gasteiger partial charge < -0.3 is 10.1 Å². The summed E-state index contributed by atoms with van der Waals surface area (Å²) >= 11 is 0. The van der Waals surface area contributed by atoms with Gasteiger partial charge in [0.2, 0.25) is 0 Å². The molecular formula is C24H23N3O3. The number of nitriles is 1. The second-order valence-electron chi connectivity index (χ2n) is 7.86. The van der Waals surface area contributed by atoms with E-state index in [9.17, 15) is 9.59 Å². The van der Waals surface area contributed by atoms with Gasteiger partial charge in [-0.1, -0.05) is 36.4 Å². The number of nitrogens with zero attached hydrogens (tertiary/aromatic N) is 1. The molecule has 2 N–H and O–H groups in total. The molecule has 0 unspecified atom stereocenters. The van der Waals surface area contributed by atoms with Crippen molar-refractivity contribution in [2.24, 2.45) is 0 Å². The van der Waals surface area contributed by atoms with E-state index >= 15 is 0 Å². The third-order valence-electron chi connectivity index (χ3n) is 4.26. The highest BCUT2D eigenvalue weighted by Crippen LogP contribution is 2.26. The number of hydrogen-bond acceptors (Lipinski definition) is 4. The van der Waals surface area contributed by atoms with Crippen molar-refractivity contribution in [3.63, 3.8) is 0 Å². The molecule has 0 saturated carbocycles. The van der Waals surface area contributed by atoms with E-state index < -0.39 is 11.7 Å². The van der Waals surface area contributed by atoms with Gasteiger partial charge in [0.15, 0.2) is 0 Å². The zero-order valence-corrected chi connectivity index (χ0v) is 17.2. The number of hydrogen-bond donors (Lipinski definition) is 2. The maximum absolute atomic E-state index is 13.0. The Balaban J connectivity index is 1.91. The molecule has 0 aliphatic carbocycles. The second-order valence-corrected chi connectivity index (χ2v) is 7.86. The van der Waals surface area contributed by atoms with Crippen LogP contribution < -0.4 is 10.6 Å². The molecule has 0 saturated heterocycles. The van der Waals surface area contributed by atoms with Crippen molar-refractivity contribution in [2.45, 2.75) is 32.8 Å². The van der Waals surface area contributed by atoms with Gasteiger partial charge in [-0.3, -0.25) is 10.1 Å². The summed E-state index contributed by atoms with van der Waals surface area (Å²) in [5.41, 5.74) is 1.49. The Kier molecular flexibility index (Phi) is 6.03. The van der Waals surface area contributed by atoms with E-state index in [1.54, 1.807) is 57.2 Å². The first-order valence-electron chi connectivity index (χ1n) is 9.55. The summed E-state index contributed by atoms with van der Waals surface area (Å²) in [6.07, 6.45) is -0.323. The predicted molar refractivity (Wildman–Crippen MR) is 118 cm³/mol. The number of nitrogens with one attached hydrogen (secondary N) is 2. The quantitative estimate of drug-likeness (QED) is 0.603. The van der Waals surface area contributed by atoms with Gasteiger partial charge in [0.05, 0.1) is 23.7 Å². The number of rotatable bonds is 4. The van der Waals surface area contributed by atoms with Crippen LogP contribution in [0, 0.1) is 11.3 Å². The first-order chi connectivity index (χ1) is 14.2. The van der Waals surface area contributed by atoms with Gasteiger partial charge in [-0.2, -0.15) is 5.26 Å². The Morgan fingerprint density at radius 3 is 2.20 bits per heavy atom. The highest BCUT2D eigenvalue weighted by atomic mass is 16.6. The molecule has 0 radical (unpaired) electrons. The third kappa shape index (κ3) is 5.36. The Hall–Kier alpha value is -3.85. The molecule has 2 amide bonds. The number of ether oxygens (including phenoxy) is 1. The van der Waals surface area contributed by atoms with Crippen LogP contribution in [0.2, 0.25) is 0 Å². The molecule has 152 valence electrons. The van der Waals surface area contributed by atoms with E-state index in [0.717, 1.165) is 16.3 Å². The predicted octanol–water partition coefficient (Wildman–Crippen LogP) is 5.51. The maximum Gasteiger partial charge on any atom is 0.412 e. The van der Waals surface area contributed by atoms with Gasteiger partial charge in [-0.05, 0) is 61.4 Å². The molecule has 0 spiro atoms. The van der Waals surface area contributed by atoms with E-state index in [-0.39, 0.29) is 5.91 Å². The van der Waals surface area contributed by atoms with Crippen LogP contribution in [0.1, 0.15) is 36.7 Å². The zero-order valence-electron chi connectivity index (χ0n) is 17.2. The Labute approximate surface area is 175 Å². The highest BCUT2D eigenvalue weighted by Gasteiger charge is 2.20. The molecule has 6 heteroatoms. The van der Waals surface area contributed by atoms with E-state index in [1.165, 1.54) is 0 Å². The molecule has 0 aliphatic rings. The molecule has 0 fully saturated rings. The molecule has 30 heavy (non-hydrogen) atoms. The molecule has 0 aromatic heterocycles. The topological polar surface area (TPSA) is 91.2 Å². The standard InChI is InChI=1S/C24H23N3O3/c1-24(2,3)30-23(29)27-21-15-18-7-5-4-6-17(18)14-20(21)22(28)26-19-10-8-16(9-11-19)12-13-25/h4-11,14-15H,12H2,1-3H3,(H,26,28)(H,27,29). The molecule has 3 rings (SSSR count). The van der Waals surface area contributed by atoms with E-state index in [0.29, 0.717) is 23.4 Å². The van der Waals surface area contributed by atoms with E-state index in [4.69, 9.17) is 10.00 Å². The van der Waals surface area contributed by atoms with Gasteiger partial charge in [0.1, 0.15) is 5.60 Å². The minimum atomic E-state index is -0.658. The lowest BCUT2D eigenvalue weighted by Gasteiger charge is -2.20. The fourth-order valence-corrected chi connectivity index (χ4v) is 2.94. The van der Waals surface area contributed by atoms with Crippen molar-refractivity contribution < 1.29 is 14.3 Å². The number of carbonyl (C=O) groups excluding carboxylic acids is 2. The summed E-state index contributed by atoms with van der Waals surface area (Å²) in [5, 5.41) is 16.1. The van der Waals surface area contributed by atoms with Crippen molar-refractivity contribution in [3.05, 3.63) is 71.8 Å². The first kappa shape index (κ1) is 20.9. The minimum Gasteiger partial charge on any atom is -0.444 e. The number of carbonyl (C=O) groups is 2. The smallest absolute Gasteiger partial charge is 0.412 e. The van der Waals surface area contributed by atoms with Gasteiger partial charge >= 0.3 is 6.09 Å². The van der Waals surface area contributed by atoms with E-state index in [1.807, 2.05) is 24.3 Å². The number of anilines is 2. The summed E-state index contributed by atoms with van der Waals surface area (Å²) in [7, 11) is 0. The minimum absolute atomic E-state index is 0.308. The fraction of sp³-hybridized carbons (Fsp3) is 0.208. The fourth-order valence-electron chi connectivity index (χ4n) is 2.94. The largest absolute Gasteiger partial charge is 0.444 e. The Bertz CT molecular complexity index is 1120. The lowest BCUT2D eigenvalue weighted by Crippen LogP contribution is -2.28. The van der Waals surface area contributed by atoms with Gasteiger partial charge in [0, 0.05) is 5.69 Å². The third-order valence-corrected chi connectivity index (χ3v) is 4.26. The van der Waals surface area contributed by atoms with Crippen LogP contribution in [0.25, 0.3) is 10.8 Å².